The molecule has 2 rings (SSSR count). The number of amides is 1. The van der Waals surface area contributed by atoms with Crippen LogP contribution >= 0.6 is 34.7 Å². The number of ether oxygens (including phenoxy) is 1. The quantitative estimate of drug-likeness (QED) is 0.679. The fourth-order valence-corrected chi connectivity index (χ4v) is 2.87. The highest BCUT2D eigenvalue weighted by atomic mass is 35.5. The summed E-state index contributed by atoms with van der Waals surface area (Å²) in [5.74, 6) is -0.864. The third kappa shape index (κ3) is 3.75. The molecule has 0 aliphatic heterocycles. The van der Waals surface area contributed by atoms with E-state index in [9.17, 15) is 9.59 Å². The minimum Gasteiger partial charge on any atom is -0.465 e. The van der Waals surface area contributed by atoms with Gasteiger partial charge in [0.1, 0.15) is 4.88 Å². The lowest BCUT2D eigenvalue weighted by atomic mass is 10.2. The Morgan fingerprint density at radius 1 is 1.43 bits per heavy atom. The molecular weight excluding hydrogens is 332 g/mol. The third-order valence-electron chi connectivity index (χ3n) is 2.53. The predicted octanol–water partition coefficient (Wildman–Crippen LogP) is 3.56. The van der Waals surface area contributed by atoms with Crippen LogP contribution in [0.4, 0.5) is 5.13 Å². The maximum atomic E-state index is 12.2. The van der Waals surface area contributed by atoms with Gasteiger partial charge in [-0.25, -0.2) is 9.78 Å². The summed E-state index contributed by atoms with van der Waals surface area (Å²) in [5.41, 5.74) is 0.360. The first-order valence-corrected chi connectivity index (χ1v) is 8.16. The van der Waals surface area contributed by atoms with Gasteiger partial charge in [-0.05, 0) is 24.5 Å². The van der Waals surface area contributed by atoms with E-state index in [1.54, 1.807) is 12.1 Å². The molecule has 1 heterocycles. The molecule has 0 aliphatic carbocycles. The minimum absolute atomic E-state index is 0.311. The number of nitrogens with one attached hydrogen (secondary N) is 1. The van der Waals surface area contributed by atoms with Gasteiger partial charge in [0.25, 0.3) is 5.91 Å². The number of halogens is 1. The smallest absolute Gasteiger partial charge is 0.349 e. The molecule has 8 heteroatoms. The number of anilines is 1. The van der Waals surface area contributed by atoms with Crippen molar-refractivity contribution in [2.75, 3.05) is 18.7 Å². The van der Waals surface area contributed by atoms with E-state index in [2.05, 4.69) is 15.0 Å². The van der Waals surface area contributed by atoms with Crippen LogP contribution in [0.3, 0.4) is 0 Å². The van der Waals surface area contributed by atoms with Gasteiger partial charge in [0.05, 0.1) is 23.9 Å². The number of benzene rings is 1. The highest BCUT2D eigenvalue weighted by Gasteiger charge is 2.15. The van der Waals surface area contributed by atoms with E-state index in [1.807, 2.05) is 12.3 Å². The average molecular weight is 343 g/mol. The molecule has 1 amide bonds. The van der Waals surface area contributed by atoms with Crippen molar-refractivity contribution in [2.24, 2.45) is 0 Å². The van der Waals surface area contributed by atoms with Crippen LogP contribution in [0.25, 0.3) is 0 Å². The number of thiazole rings is 1. The topological polar surface area (TPSA) is 68.3 Å². The fourth-order valence-electron chi connectivity index (χ4n) is 1.50. The number of nitrogens with zero attached hydrogens (tertiary/aromatic N) is 1. The Kier molecular flexibility index (Phi) is 5.22. The van der Waals surface area contributed by atoms with E-state index >= 15 is 0 Å². The predicted molar refractivity (Wildman–Crippen MR) is 84.6 cm³/mol. The zero-order chi connectivity index (χ0) is 15.4. The van der Waals surface area contributed by atoms with Gasteiger partial charge in [-0.3, -0.25) is 10.1 Å². The van der Waals surface area contributed by atoms with Crippen LogP contribution in [0.15, 0.2) is 29.3 Å². The maximum Gasteiger partial charge on any atom is 0.349 e. The Morgan fingerprint density at radius 3 is 2.86 bits per heavy atom. The number of hydrogen-bond acceptors (Lipinski definition) is 6. The molecule has 5 nitrogen and oxygen atoms in total. The first-order chi connectivity index (χ1) is 10.0. The van der Waals surface area contributed by atoms with Crippen LogP contribution in [0, 0.1) is 0 Å². The van der Waals surface area contributed by atoms with Gasteiger partial charge in [0.15, 0.2) is 5.13 Å². The summed E-state index contributed by atoms with van der Waals surface area (Å²) < 4.78 is 4.58. The van der Waals surface area contributed by atoms with Crippen LogP contribution in [0.1, 0.15) is 20.0 Å². The molecule has 0 aliphatic rings. The van der Waals surface area contributed by atoms with E-state index in [0.29, 0.717) is 20.6 Å². The minimum atomic E-state index is -0.490. The highest BCUT2D eigenvalue weighted by molar-refractivity contribution is 7.98. The molecule has 2 aromatic rings. The second kappa shape index (κ2) is 6.93. The van der Waals surface area contributed by atoms with E-state index in [1.165, 1.54) is 25.1 Å². The monoisotopic (exact) mass is 342 g/mol. The Hall–Kier alpha value is -1.57. The largest absolute Gasteiger partial charge is 0.465 e. The zero-order valence-corrected chi connectivity index (χ0v) is 13.6. The SMILES string of the molecule is COC(=O)c1cnc(NC(=O)c2cc(SC)ccc2Cl)s1. The number of thioether (sulfide) groups is 1. The molecular formula is C13H11ClN2O3S2. The Labute approximate surface area is 134 Å². The molecule has 0 atom stereocenters. The lowest BCUT2D eigenvalue weighted by Crippen LogP contribution is -2.12. The van der Waals surface area contributed by atoms with Crippen molar-refractivity contribution in [3.8, 4) is 0 Å². The van der Waals surface area contributed by atoms with Crippen LogP contribution in [0.2, 0.25) is 5.02 Å². The third-order valence-corrected chi connectivity index (χ3v) is 4.48. The number of esters is 1. The molecule has 0 saturated carbocycles. The number of hydrogen-bond donors (Lipinski definition) is 1. The Bertz CT molecular complexity index is 688. The summed E-state index contributed by atoms with van der Waals surface area (Å²) in [6.07, 6.45) is 3.26. The van der Waals surface area contributed by atoms with Gasteiger partial charge in [-0.1, -0.05) is 22.9 Å². The molecule has 21 heavy (non-hydrogen) atoms. The van der Waals surface area contributed by atoms with Crippen molar-refractivity contribution in [1.82, 2.24) is 4.98 Å². The van der Waals surface area contributed by atoms with E-state index < -0.39 is 5.97 Å². The normalized spacial score (nSPS) is 10.2. The molecule has 1 aromatic carbocycles. The van der Waals surface area contributed by atoms with Crippen LogP contribution in [-0.2, 0) is 4.74 Å². The van der Waals surface area contributed by atoms with Crippen molar-refractivity contribution in [2.45, 2.75) is 4.90 Å². The van der Waals surface area contributed by atoms with Crippen molar-refractivity contribution >= 4 is 51.7 Å². The molecule has 0 unspecified atom stereocenters. The Morgan fingerprint density at radius 2 is 2.19 bits per heavy atom. The van der Waals surface area contributed by atoms with Crippen LogP contribution < -0.4 is 5.32 Å². The van der Waals surface area contributed by atoms with Gasteiger partial charge in [0.2, 0.25) is 0 Å². The maximum absolute atomic E-state index is 12.2. The van der Waals surface area contributed by atoms with Crippen molar-refractivity contribution < 1.29 is 14.3 Å². The summed E-state index contributed by atoms with van der Waals surface area (Å²) >= 11 is 8.58. The van der Waals surface area contributed by atoms with Crippen molar-refractivity contribution in [1.29, 1.82) is 0 Å². The van der Waals surface area contributed by atoms with E-state index in [4.69, 9.17) is 11.6 Å². The standard InChI is InChI=1S/C13H11ClN2O3S2/c1-19-12(18)10-6-15-13(21-10)16-11(17)8-5-7(20-2)3-4-9(8)14/h3-6H,1-2H3,(H,15,16,17). The molecule has 0 spiro atoms. The molecule has 110 valence electrons. The summed E-state index contributed by atoms with van der Waals surface area (Å²) in [6, 6.07) is 5.21. The fraction of sp³-hybridized carbons (Fsp3) is 0.154. The van der Waals surface area contributed by atoms with E-state index in [0.717, 1.165) is 16.2 Å². The summed E-state index contributed by atoms with van der Waals surface area (Å²) in [7, 11) is 1.29. The molecule has 0 bridgehead atoms. The number of carbonyl (C=O) groups is 2. The highest BCUT2D eigenvalue weighted by Crippen LogP contribution is 2.25. The van der Waals surface area contributed by atoms with Crippen LogP contribution in [-0.4, -0.2) is 30.2 Å². The second-order valence-corrected chi connectivity index (χ2v) is 6.14. The van der Waals surface area contributed by atoms with Gasteiger partial charge in [0, 0.05) is 4.90 Å². The summed E-state index contributed by atoms with van der Waals surface area (Å²) in [5, 5.41) is 3.28. The first kappa shape index (κ1) is 15.8. The van der Waals surface area contributed by atoms with Crippen LogP contribution in [0.5, 0.6) is 0 Å². The van der Waals surface area contributed by atoms with Gasteiger partial charge >= 0.3 is 5.97 Å². The second-order valence-electron chi connectivity index (χ2n) is 3.82. The number of aromatic nitrogens is 1. The molecule has 1 N–H and O–H groups in total. The molecule has 0 saturated heterocycles. The van der Waals surface area contributed by atoms with Crippen molar-refractivity contribution in [3.63, 3.8) is 0 Å². The lowest BCUT2D eigenvalue weighted by molar-refractivity contribution is 0.0606. The molecule has 0 fully saturated rings. The average Bonchev–Trinajstić information content (AvgIpc) is 2.95. The number of methoxy groups -OCH3 is 1. The van der Waals surface area contributed by atoms with E-state index in [-0.39, 0.29) is 5.91 Å². The van der Waals surface area contributed by atoms with Crippen molar-refractivity contribution in [3.05, 3.63) is 39.9 Å². The summed E-state index contributed by atoms with van der Waals surface area (Å²) in [6.45, 7) is 0. The lowest BCUT2D eigenvalue weighted by Gasteiger charge is -2.05. The van der Waals surface area contributed by atoms with Gasteiger partial charge in [-0.15, -0.1) is 11.8 Å². The number of rotatable bonds is 4. The number of carbonyl (C=O) groups excluding carboxylic acids is 2. The van der Waals surface area contributed by atoms with Gasteiger partial charge < -0.3 is 4.74 Å². The van der Waals surface area contributed by atoms with Gasteiger partial charge in [-0.2, -0.15) is 0 Å². The molecule has 1 aromatic heterocycles. The zero-order valence-electron chi connectivity index (χ0n) is 11.2. The summed E-state index contributed by atoms with van der Waals surface area (Å²) in [4.78, 5) is 28.7. The molecule has 0 radical (unpaired) electrons. The first-order valence-electron chi connectivity index (χ1n) is 5.74. The Balaban J connectivity index is 2.18.